The minimum atomic E-state index is -0.00875. The maximum atomic E-state index is 13.9. The Labute approximate surface area is 205 Å². The molecule has 0 aliphatic heterocycles. The highest BCUT2D eigenvalue weighted by Crippen LogP contribution is 2.37. The predicted octanol–water partition coefficient (Wildman–Crippen LogP) is 6.00. The minimum Gasteiger partial charge on any atom is -0.497 e. The fraction of sp³-hybridized carbons (Fsp3) is 0.276. The molecule has 2 aromatic carbocycles. The highest BCUT2D eigenvalue weighted by atomic mass is 16.5. The fourth-order valence-electron chi connectivity index (χ4n) is 4.85. The molecular formula is C29H29N3O3. The number of ether oxygens (including phenoxy) is 1. The van der Waals surface area contributed by atoms with E-state index in [-0.39, 0.29) is 5.91 Å². The monoisotopic (exact) mass is 467 g/mol. The molecule has 0 bridgehead atoms. The molecule has 1 aliphatic carbocycles. The van der Waals surface area contributed by atoms with Gasteiger partial charge in [-0.25, -0.2) is 4.98 Å². The number of hydrogen-bond donors (Lipinski definition) is 0. The van der Waals surface area contributed by atoms with Crippen molar-refractivity contribution in [1.29, 1.82) is 0 Å². The topological polar surface area (TPSA) is 68.5 Å². The largest absolute Gasteiger partial charge is 0.497 e. The number of aromatic nitrogens is 2. The summed E-state index contributed by atoms with van der Waals surface area (Å²) in [7, 11) is 3.51. The van der Waals surface area contributed by atoms with E-state index in [1.807, 2.05) is 69.4 Å². The van der Waals surface area contributed by atoms with Crippen LogP contribution in [-0.4, -0.2) is 35.1 Å². The van der Waals surface area contributed by atoms with E-state index in [1.165, 1.54) is 0 Å². The van der Waals surface area contributed by atoms with E-state index in [2.05, 4.69) is 11.2 Å². The second kappa shape index (κ2) is 9.37. The Bertz CT molecular complexity index is 1410. The number of carbonyl (C=O) groups is 1. The molecule has 2 heterocycles. The average molecular weight is 468 g/mol. The number of methoxy groups -OCH3 is 1. The third-order valence-electron chi connectivity index (χ3n) is 6.76. The first-order valence-corrected chi connectivity index (χ1v) is 11.9. The van der Waals surface area contributed by atoms with Gasteiger partial charge in [0.05, 0.1) is 36.1 Å². The van der Waals surface area contributed by atoms with Gasteiger partial charge in [0.1, 0.15) is 11.5 Å². The number of pyridine rings is 1. The number of fused-ring (bicyclic) bond motifs is 2. The maximum absolute atomic E-state index is 13.9. The summed E-state index contributed by atoms with van der Waals surface area (Å²) in [6.45, 7) is 4.23. The van der Waals surface area contributed by atoms with Crippen molar-refractivity contribution in [2.45, 2.75) is 39.7 Å². The van der Waals surface area contributed by atoms with Crippen molar-refractivity contribution in [3.05, 3.63) is 87.9 Å². The van der Waals surface area contributed by atoms with E-state index < -0.39 is 0 Å². The highest BCUT2D eigenvalue weighted by Gasteiger charge is 2.27. The van der Waals surface area contributed by atoms with Crippen LogP contribution in [0.5, 0.6) is 5.75 Å². The molecule has 178 valence electrons. The number of nitrogens with zero attached hydrogens (tertiary/aromatic N) is 3. The van der Waals surface area contributed by atoms with Crippen molar-refractivity contribution in [1.82, 2.24) is 15.0 Å². The second-order valence-corrected chi connectivity index (χ2v) is 9.09. The molecule has 0 fully saturated rings. The van der Waals surface area contributed by atoms with Crippen LogP contribution in [-0.2, 0) is 13.0 Å². The van der Waals surface area contributed by atoms with E-state index in [0.29, 0.717) is 6.54 Å². The Morgan fingerprint density at radius 3 is 2.60 bits per heavy atom. The molecule has 6 heteroatoms. The molecule has 0 unspecified atom stereocenters. The summed E-state index contributed by atoms with van der Waals surface area (Å²) in [6.07, 6.45) is 4.91. The number of carbonyl (C=O) groups excluding carboxylic acids is 1. The molecule has 0 saturated heterocycles. The lowest BCUT2D eigenvalue weighted by Crippen LogP contribution is -2.29. The summed E-state index contributed by atoms with van der Waals surface area (Å²) in [5, 5.41) is 4.94. The van der Waals surface area contributed by atoms with Gasteiger partial charge in [0.25, 0.3) is 5.91 Å². The summed E-state index contributed by atoms with van der Waals surface area (Å²) < 4.78 is 10.6. The summed E-state index contributed by atoms with van der Waals surface area (Å²) in [5.74, 6) is 1.56. The summed E-state index contributed by atoms with van der Waals surface area (Å²) in [6, 6.07) is 15.9. The fourth-order valence-corrected chi connectivity index (χ4v) is 4.85. The van der Waals surface area contributed by atoms with Gasteiger partial charge < -0.3 is 14.2 Å². The summed E-state index contributed by atoms with van der Waals surface area (Å²) in [4.78, 5) is 20.7. The molecule has 1 amide bonds. The molecule has 0 spiro atoms. The molecule has 4 aromatic rings. The van der Waals surface area contributed by atoms with Crippen molar-refractivity contribution >= 4 is 28.5 Å². The Morgan fingerprint density at radius 1 is 1.11 bits per heavy atom. The van der Waals surface area contributed by atoms with Crippen LogP contribution in [0.2, 0.25) is 0 Å². The van der Waals surface area contributed by atoms with Gasteiger partial charge in [0, 0.05) is 18.0 Å². The van der Waals surface area contributed by atoms with Crippen molar-refractivity contribution in [3.63, 3.8) is 0 Å². The summed E-state index contributed by atoms with van der Waals surface area (Å²) in [5.41, 5.74) is 7.56. The lowest BCUT2D eigenvalue weighted by atomic mass is 9.85. The highest BCUT2D eigenvalue weighted by molar-refractivity contribution is 6.09. The van der Waals surface area contributed by atoms with E-state index >= 15 is 0 Å². The zero-order valence-corrected chi connectivity index (χ0v) is 20.6. The number of rotatable bonds is 5. The van der Waals surface area contributed by atoms with Crippen LogP contribution >= 0.6 is 0 Å². The molecule has 6 nitrogen and oxygen atoms in total. The molecule has 5 rings (SSSR count). The predicted molar refractivity (Wildman–Crippen MR) is 137 cm³/mol. The molecule has 0 radical (unpaired) electrons. The van der Waals surface area contributed by atoms with Crippen molar-refractivity contribution in [2.24, 2.45) is 0 Å². The Hall–Kier alpha value is -3.93. The first-order chi connectivity index (χ1) is 17.0. The van der Waals surface area contributed by atoms with Gasteiger partial charge >= 0.3 is 0 Å². The maximum Gasteiger partial charge on any atom is 0.254 e. The van der Waals surface area contributed by atoms with Crippen LogP contribution in [0.1, 0.15) is 57.0 Å². The zero-order chi connectivity index (χ0) is 24.5. The second-order valence-electron chi connectivity index (χ2n) is 9.09. The third-order valence-corrected chi connectivity index (χ3v) is 6.76. The third kappa shape index (κ3) is 4.32. The lowest BCUT2D eigenvalue weighted by Gasteiger charge is -2.25. The molecule has 35 heavy (non-hydrogen) atoms. The van der Waals surface area contributed by atoms with Crippen molar-refractivity contribution in [2.75, 3.05) is 14.2 Å². The van der Waals surface area contributed by atoms with E-state index in [9.17, 15) is 4.79 Å². The molecular weight excluding hydrogens is 438 g/mol. The SMILES string of the molecule is COc1ccc(/C=C2\CCCc3c2nc2ccccc2c3C(=O)N(C)Cc2c(C)noc2C)cc1. The van der Waals surface area contributed by atoms with Gasteiger partial charge in [0.2, 0.25) is 0 Å². The zero-order valence-electron chi connectivity index (χ0n) is 20.6. The molecule has 0 saturated carbocycles. The number of benzene rings is 2. The number of hydrogen-bond acceptors (Lipinski definition) is 5. The average Bonchev–Trinajstić information content (AvgIpc) is 3.19. The van der Waals surface area contributed by atoms with Gasteiger partial charge in [-0.1, -0.05) is 35.5 Å². The molecule has 0 N–H and O–H groups in total. The molecule has 2 aromatic heterocycles. The Kier molecular flexibility index (Phi) is 6.12. The number of aryl methyl sites for hydroxylation is 2. The van der Waals surface area contributed by atoms with Gasteiger partial charge in [0.15, 0.2) is 0 Å². The summed E-state index contributed by atoms with van der Waals surface area (Å²) >= 11 is 0. The first kappa shape index (κ1) is 22.8. The van der Waals surface area contributed by atoms with Gasteiger partial charge in [-0.2, -0.15) is 0 Å². The molecule has 0 atom stereocenters. The molecule has 1 aliphatic rings. The minimum absolute atomic E-state index is 0.00875. The van der Waals surface area contributed by atoms with Crippen LogP contribution in [0, 0.1) is 13.8 Å². The van der Waals surface area contributed by atoms with E-state index in [1.54, 1.807) is 12.0 Å². The van der Waals surface area contributed by atoms with E-state index in [0.717, 1.165) is 80.9 Å². The Morgan fingerprint density at radius 2 is 1.89 bits per heavy atom. The quantitative estimate of drug-likeness (QED) is 0.360. The van der Waals surface area contributed by atoms with Crippen LogP contribution in [0.25, 0.3) is 22.6 Å². The van der Waals surface area contributed by atoms with Gasteiger partial charge in [-0.3, -0.25) is 4.79 Å². The number of para-hydroxylation sites is 1. The van der Waals surface area contributed by atoms with Crippen LogP contribution in [0.3, 0.4) is 0 Å². The normalized spacial score (nSPS) is 14.2. The van der Waals surface area contributed by atoms with Crippen molar-refractivity contribution in [3.8, 4) is 5.75 Å². The van der Waals surface area contributed by atoms with Gasteiger partial charge in [-0.15, -0.1) is 0 Å². The number of allylic oxidation sites excluding steroid dienone is 1. The standard InChI is InChI=1S/C29H29N3O3/c1-18-25(19(2)35-31-18)17-32(3)29(33)27-23-9-5-6-11-26(23)30-28-21(8-7-10-24(27)28)16-20-12-14-22(34-4)15-13-20/h5-6,9,11-16H,7-8,10,17H2,1-4H3/b21-16+. The lowest BCUT2D eigenvalue weighted by molar-refractivity contribution is 0.0785. The number of amides is 1. The van der Waals surface area contributed by atoms with Gasteiger partial charge in [-0.05, 0) is 74.1 Å². The smallest absolute Gasteiger partial charge is 0.254 e. The van der Waals surface area contributed by atoms with Crippen LogP contribution in [0.15, 0.2) is 53.1 Å². The van der Waals surface area contributed by atoms with Crippen molar-refractivity contribution < 1.29 is 14.1 Å². The van der Waals surface area contributed by atoms with Crippen LogP contribution in [0.4, 0.5) is 0 Å². The van der Waals surface area contributed by atoms with Crippen LogP contribution < -0.4 is 4.74 Å². The van der Waals surface area contributed by atoms with E-state index in [4.69, 9.17) is 14.2 Å². The first-order valence-electron chi connectivity index (χ1n) is 11.9. The Balaban J connectivity index is 1.60.